The standard InChI is InChI=1S/C20H24ClN3O2S/c1-2-22-18(25)14-23-10-5-11-24(13-12-23)19(26)9-8-17-20(21)15-6-3-4-7-16(15)27-17/h3-4,6-9H,2,5,10-14H2,1H3,(H,22,25)/b9-8+. The summed E-state index contributed by atoms with van der Waals surface area (Å²) in [7, 11) is 0. The van der Waals surface area contributed by atoms with Gasteiger partial charge in [-0.05, 0) is 25.5 Å². The summed E-state index contributed by atoms with van der Waals surface area (Å²) in [6, 6.07) is 7.97. The number of halogens is 1. The molecule has 0 bridgehead atoms. The van der Waals surface area contributed by atoms with Crippen LogP contribution in [0.15, 0.2) is 30.3 Å². The van der Waals surface area contributed by atoms with Crippen molar-refractivity contribution in [3.8, 4) is 0 Å². The summed E-state index contributed by atoms with van der Waals surface area (Å²) >= 11 is 8.02. The highest BCUT2D eigenvalue weighted by atomic mass is 35.5. The van der Waals surface area contributed by atoms with Gasteiger partial charge in [0, 0.05) is 53.8 Å². The number of carbonyl (C=O) groups excluding carboxylic acids is 2. The topological polar surface area (TPSA) is 52.7 Å². The number of hydrogen-bond acceptors (Lipinski definition) is 4. The summed E-state index contributed by atoms with van der Waals surface area (Å²) in [6.07, 6.45) is 4.28. The molecule has 1 aliphatic heterocycles. The van der Waals surface area contributed by atoms with Crippen LogP contribution in [0.2, 0.25) is 5.02 Å². The number of benzene rings is 1. The van der Waals surface area contributed by atoms with Crippen LogP contribution in [0.1, 0.15) is 18.2 Å². The SMILES string of the molecule is CCNC(=O)CN1CCCN(C(=O)/C=C/c2sc3ccccc3c2Cl)CC1. The largest absolute Gasteiger partial charge is 0.355 e. The predicted molar refractivity (Wildman–Crippen MR) is 112 cm³/mol. The van der Waals surface area contributed by atoms with E-state index in [4.69, 9.17) is 11.6 Å². The second-order valence-corrected chi connectivity index (χ2v) is 7.98. The van der Waals surface area contributed by atoms with Gasteiger partial charge in [0.05, 0.1) is 11.6 Å². The number of carbonyl (C=O) groups is 2. The molecule has 27 heavy (non-hydrogen) atoms. The van der Waals surface area contributed by atoms with Crippen molar-refractivity contribution in [3.05, 3.63) is 40.2 Å². The number of rotatable bonds is 5. The molecule has 1 saturated heterocycles. The van der Waals surface area contributed by atoms with Crippen LogP contribution in [0.3, 0.4) is 0 Å². The minimum absolute atomic E-state index is 0.0108. The van der Waals surface area contributed by atoms with E-state index in [1.54, 1.807) is 17.4 Å². The van der Waals surface area contributed by atoms with Gasteiger partial charge in [-0.2, -0.15) is 0 Å². The lowest BCUT2D eigenvalue weighted by Gasteiger charge is -2.20. The molecule has 2 aromatic rings. The number of thiophene rings is 1. The van der Waals surface area contributed by atoms with Gasteiger partial charge in [0.2, 0.25) is 11.8 Å². The Labute approximate surface area is 168 Å². The summed E-state index contributed by atoms with van der Waals surface area (Å²) in [5.74, 6) is 0.0277. The molecule has 1 N–H and O–H groups in total. The Balaban J connectivity index is 1.59. The van der Waals surface area contributed by atoms with Crippen LogP contribution in [0, 0.1) is 0 Å². The Morgan fingerprint density at radius 3 is 2.81 bits per heavy atom. The zero-order chi connectivity index (χ0) is 19.2. The lowest BCUT2D eigenvalue weighted by atomic mass is 10.2. The van der Waals surface area contributed by atoms with Crippen LogP contribution >= 0.6 is 22.9 Å². The van der Waals surface area contributed by atoms with E-state index in [-0.39, 0.29) is 11.8 Å². The van der Waals surface area contributed by atoms with E-state index in [0.717, 1.165) is 27.9 Å². The average Bonchev–Trinajstić information content (AvgIpc) is 2.81. The molecule has 0 unspecified atom stereocenters. The molecule has 5 nitrogen and oxygen atoms in total. The van der Waals surface area contributed by atoms with Crippen LogP contribution < -0.4 is 5.32 Å². The van der Waals surface area contributed by atoms with Gasteiger partial charge in [-0.25, -0.2) is 0 Å². The maximum Gasteiger partial charge on any atom is 0.246 e. The summed E-state index contributed by atoms with van der Waals surface area (Å²) in [5, 5.41) is 4.54. The third-order valence-corrected chi connectivity index (χ3v) is 6.23. The second kappa shape index (κ2) is 9.35. The number of nitrogens with zero attached hydrogens (tertiary/aromatic N) is 2. The Bertz CT molecular complexity index is 849. The fraction of sp³-hybridized carbons (Fsp3) is 0.400. The third-order valence-electron chi connectivity index (χ3n) is 4.58. The molecule has 7 heteroatoms. The van der Waals surface area contributed by atoms with Gasteiger partial charge in [-0.1, -0.05) is 29.8 Å². The van der Waals surface area contributed by atoms with E-state index < -0.39 is 0 Å². The first-order chi connectivity index (χ1) is 13.1. The molecule has 3 rings (SSSR count). The first-order valence-electron chi connectivity index (χ1n) is 9.21. The zero-order valence-electron chi connectivity index (χ0n) is 15.4. The molecule has 0 saturated carbocycles. The number of fused-ring (bicyclic) bond motifs is 1. The minimum atomic E-state index is -0.0108. The van der Waals surface area contributed by atoms with Crippen molar-refractivity contribution < 1.29 is 9.59 Å². The molecular weight excluding hydrogens is 382 g/mol. The van der Waals surface area contributed by atoms with Gasteiger partial charge in [0.15, 0.2) is 0 Å². The Morgan fingerprint density at radius 2 is 2.04 bits per heavy atom. The summed E-state index contributed by atoms with van der Waals surface area (Å²) < 4.78 is 1.12. The van der Waals surface area contributed by atoms with Crippen molar-refractivity contribution in [2.24, 2.45) is 0 Å². The van der Waals surface area contributed by atoms with Crippen LogP contribution in [0.25, 0.3) is 16.2 Å². The lowest BCUT2D eigenvalue weighted by molar-refractivity contribution is -0.125. The number of amides is 2. The van der Waals surface area contributed by atoms with Crippen molar-refractivity contribution in [1.82, 2.24) is 15.1 Å². The summed E-state index contributed by atoms with van der Waals surface area (Å²) in [5.41, 5.74) is 0. The van der Waals surface area contributed by atoms with Gasteiger partial charge in [-0.15, -0.1) is 11.3 Å². The number of likely N-dealkylation sites (N-methyl/N-ethyl adjacent to an activating group) is 1. The van der Waals surface area contributed by atoms with Crippen molar-refractivity contribution >= 4 is 50.9 Å². The van der Waals surface area contributed by atoms with Gasteiger partial charge >= 0.3 is 0 Å². The Kier molecular flexibility index (Phi) is 6.88. The molecule has 2 heterocycles. The van der Waals surface area contributed by atoms with E-state index >= 15 is 0 Å². The molecule has 0 radical (unpaired) electrons. The zero-order valence-corrected chi connectivity index (χ0v) is 17.0. The van der Waals surface area contributed by atoms with Crippen molar-refractivity contribution in [2.45, 2.75) is 13.3 Å². The van der Waals surface area contributed by atoms with E-state index in [1.807, 2.05) is 42.2 Å². The molecule has 1 aromatic heterocycles. The van der Waals surface area contributed by atoms with E-state index in [2.05, 4.69) is 10.2 Å². The predicted octanol–water partition coefficient (Wildman–Crippen LogP) is 3.24. The first kappa shape index (κ1) is 19.9. The van der Waals surface area contributed by atoms with E-state index in [1.165, 1.54) is 0 Å². The minimum Gasteiger partial charge on any atom is -0.355 e. The number of nitrogens with one attached hydrogen (secondary N) is 1. The molecule has 0 aliphatic carbocycles. The normalized spacial score (nSPS) is 16.0. The Hall–Kier alpha value is -1.89. The van der Waals surface area contributed by atoms with Crippen LogP contribution in [0.4, 0.5) is 0 Å². The monoisotopic (exact) mass is 405 g/mol. The van der Waals surface area contributed by atoms with E-state index in [0.29, 0.717) is 37.7 Å². The molecule has 0 spiro atoms. The smallest absolute Gasteiger partial charge is 0.246 e. The summed E-state index contributed by atoms with van der Waals surface area (Å²) in [4.78, 5) is 29.2. The first-order valence-corrected chi connectivity index (χ1v) is 10.4. The van der Waals surface area contributed by atoms with Gasteiger partial charge in [0.25, 0.3) is 0 Å². The fourth-order valence-electron chi connectivity index (χ4n) is 3.20. The molecule has 1 aromatic carbocycles. The van der Waals surface area contributed by atoms with Gasteiger partial charge < -0.3 is 10.2 Å². The van der Waals surface area contributed by atoms with Crippen molar-refractivity contribution in [1.29, 1.82) is 0 Å². The van der Waals surface area contributed by atoms with Crippen molar-refractivity contribution in [2.75, 3.05) is 39.3 Å². The van der Waals surface area contributed by atoms with E-state index in [9.17, 15) is 9.59 Å². The fourth-order valence-corrected chi connectivity index (χ4v) is 4.60. The van der Waals surface area contributed by atoms with Crippen LogP contribution in [0.5, 0.6) is 0 Å². The molecule has 144 valence electrons. The maximum atomic E-state index is 12.6. The van der Waals surface area contributed by atoms with Crippen LogP contribution in [-0.4, -0.2) is 60.9 Å². The van der Waals surface area contributed by atoms with Crippen molar-refractivity contribution in [3.63, 3.8) is 0 Å². The molecule has 2 amide bonds. The summed E-state index contributed by atoms with van der Waals surface area (Å²) in [6.45, 7) is 5.81. The quantitative estimate of drug-likeness (QED) is 0.777. The second-order valence-electron chi connectivity index (χ2n) is 6.52. The highest BCUT2D eigenvalue weighted by molar-refractivity contribution is 7.20. The van der Waals surface area contributed by atoms with Crippen LogP contribution in [-0.2, 0) is 9.59 Å². The third kappa shape index (κ3) is 5.09. The highest BCUT2D eigenvalue weighted by Crippen LogP contribution is 2.35. The average molecular weight is 406 g/mol. The van der Waals surface area contributed by atoms with Gasteiger partial charge in [0.1, 0.15) is 0 Å². The Morgan fingerprint density at radius 1 is 1.22 bits per heavy atom. The highest BCUT2D eigenvalue weighted by Gasteiger charge is 2.19. The lowest BCUT2D eigenvalue weighted by Crippen LogP contribution is -2.39. The van der Waals surface area contributed by atoms with Gasteiger partial charge in [-0.3, -0.25) is 14.5 Å². The molecule has 1 fully saturated rings. The maximum absolute atomic E-state index is 12.6. The molecule has 1 aliphatic rings. The molecular formula is C20H24ClN3O2S. The molecule has 0 atom stereocenters. The number of hydrogen-bond donors (Lipinski definition) is 1.